The lowest BCUT2D eigenvalue weighted by molar-refractivity contribution is -0.318. The molecule has 7 N–H and O–H groups in total. The van der Waals surface area contributed by atoms with E-state index in [9.17, 15) is 30.3 Å². The van der Waals surface area contributed by atoms with Gasteiger partial charge in [-0.15, -0.1) is 0 Å². The van der Waals surface area contributed by atoms with Crippen molar-refractivity contribution in [2.75, 3.05) is 21.2 Å². The zero-order chi connectivity index (χ0) is 39.0. The third-order valence-corrected chi connectivity index (χ3v) is 11.8. The van der Waals surface area contributed by atoms with Gasteiger partial charge in [-0.3, -0.25) is 4.79 Å². The van der Waals surface area contributed by atoms with Crippen LogP contribution in [0.5, 0.6) is 0 Å². The minimum absolute atomic E-state index is 0.0309. The highest BCUT2D eigenvalue weighted by atomic mass is 16.7. The van der Waals surface area contributed by atoms with Gasteiger partial charge in [-0.25, -0.2) is 0 Å². The Balaban J connectivity index is 2.21. The van der Waals surface area contributed by atoms with Crippen LogP contribution in [0.1, 0.15) is 94.9 Å². The molecule has 0 radical (unpaired) electrons. The first-order valence-electron chi connectivity index (χ1n) is 18.4. The van der Waals surface area contributed by atoms with Crippen LogP contribution in [0.25, 0.3) is 0 Å². The van der Waals surface area contributed by atoms with Crippen LogP contribution in [0.3, 0.4) is 0 Å². The summed E-state index contributed by atoms with van der Waals surface area (Å²) in [4.78, 5) is 16.0. The predicted molar refractivity (Wildman–Crippen MR) is 189 cm³/mol. The normalized spacial score (nSPS) is 48.3. The van der Waals surface area contributed by atoms with Crippen LogP contribution < -0.4 is 5.73 Å². The lowest BCUT2D eigenvalue weighted by Crippen LogP contribution is -2.60. The summed E-state index contributed by atoms with van der Waals surface area (Å²) in [7, 11) is 5.23. The van der Waals surface area contributed by atoms with Crippen molar-refractivity contribution in [1.29, 1.82) is 0 Å². The van der Waals surface area contributed by atoms with E-state index in [4.69, 9.17) is 34.2 Å². The first kappa shape index (κ1) is 44.0. The Kier molecular flexibility index (Phi) is 14.6. The molecule has 0 amide bonds. The number of hydrogen-bond donors (Lipinski definition) is 6. The van der Waals surface area contributed by atoms with E-state index in [2.05, 4.69) is 0 Å². The molecule has 0 spiro atoms. The van der Waals surface area contributed by atoms with Gasteiger partial charge in [0.25, 0.3) is 0 Å². The van der Waals surface area contributed by atoms with Gasteiger partial charge in [0.2, 0.25) is 0 Å². The highest BCUT2D eigenvalue weighted by Crippen LogP contribution is 2.41. The van der Waals surface area contributed by atoms with Gasteiger partial charge in [0.05, 0.1) is 41.5 Å². The second-order valence-corrected chi connectivity index (χ2v) is 16.4. The van der Waals surface area contributed by atoms with Crippen molar-refractivity contribution in [3.63, 3.8) is 0 Å². The zero-order valence-corrected chi connectivity index (χ0v) is 33.0. The molecule has 0 aromatic rings. The fraction of sp³-hybridized carbons (Fsp3) is 0.919. The average molecular weight is 733 g/mol. The Morgan fingerprint density at radius 3 is 2.14 bits per heavy atom. The molecule has 3 rings (SSSR count). The number of aliphatic hydroxyl groups excluding tert-OH is 3. The number of ether oxygens (including phenoxy) is 6. The summed E-state index contributed by atoms with van der Waals surface area (Å²) < 4.78 is 37.3. The van der Waals surface area contributed by atoms with Crippen LogP contribution in [0.2, 0.25) is 0 Å². The van der Waals surface area contributed by atoms with Gasteiger partial charge in [0, 0.05) is 31.2 Å². The van der Waals surface area contributed by atoms with Crippen molar-refractivity contribution in [3.8, 4) is 0 Å². The fourth-order valence-electron chi connectivity index (χ4n) is 8.28. The number of cyclic esters (lactones) is 1. The van der Waals surface area contributed by atoms with Crippen molar-refractivity contribution < 1.29 is 58.7 Å². The number of hydrogen-bond acceptors (Lipinski definition) is 14. The van der Waals surface area contributed by atoms with Crippen molar-refractivity contribution >= 4 is 5.97 Å². The van der Waals surface area contributed by atoms with Crippen LogP contribution in [0, 0.1) is 17.8 Å². The molecule has 0 saturated carbocycles. The van der Waals surface area contributed by atoms with Crippen molar-refractivity contribution in [1.82, 2.24) is 4.90 Å². The molecule has 3 aliphatic heterocycles. The monoisotopic (exact) mass is 732 g/mol. The first-order valence-corrected chi connectivity index (χ1v) is 18.4. The summed E-state index contributed by atoms with van der Waals surface area (Å²) in [5.74, 6) is -3.07. The number of esters is 1. The molecule has 0 unspecified atom stereocenters. The van der Waals surface area contributed by atoms with Gasteiger partial charge in [0.15, 0.2) is 12.6 Å². The van der Waals surface area contributed by atoms with Crippen LogP contribution in [-0.4, -0.2) is 142 Å². The molecule has 14 heteroatoms. The quantitative estimate of drug-likeness (QED) is 0.207. The highest BCUT2D eigenvalue weighted by Gasteiger charge is 2.52. The number of carbonyl (C=O) groups is 1. The molecule has 3 heterocycles. The van der Waals surface area contributed by atoms with Crippen LogP contribution in [-0.2, 0) is 33.2 Å². The summed E-state index contributed by atoms with van der Waals surface area (Å²) >= 11 is 0. The maximum absolute atomic E-state index is 14.1. The standard InChI is InChI=1S/C37H68N2O12/c1-14-25-37(10,45)30(41)20(4)27(38)18(2)16-35(8,44)32(51-34-28(40)24(39(11)12)15-19(3)47-34)21(5)29(22(6)33(43)49-25)50-26-17-36(9,46-13)31(42)23(7)48-26/h18-19,21-26,28-32,34,40-42,44-45H,14-17,38H2,1-13H3/t18-,19+,21+,22+,23+,24-,25+,26+,28+,29+,30+,31+,32-,34-,35+,36-,37-/m0/s1. The molecule has 2 saturated heterocycles. The van der Waals surface area contributed by atoms with Crippen molar-refractivity contribution in [3.05, 3.63) is 11.3 Å². The summed E-state index contributed by atoms with van der Waals surface area (Å²) in [5.41, 5.74) is 2.53. The van der Waals surface area contributed by atoms with Crippen LogP contribution >= 0.6 is 0 Å². The van der Waals surface area contributed by atoms with E-state index >= 15 is 0 Å². The maximum atomic E-state index is 14.1. The Hall–Kier alpha value is -1.43. The highest BCUT2D eigenvalue weighted by molar-refractivity contribution is 5.73. The van der Waals surface area contributed by atoms with Gasteiger partial charge in [-0.1, -0.05) is 20.8 Å². The number of aliphatic hydroxyl groups is 5. The average Bonchev–Trinajstić information content (AvgIpc) is 3.05. The maximum Gasteiger partial charge on any atom is 0.311 e. The third kappa shape index (κ3) is 9.45. The van der Waals surface area contributed by atoms with E-state index in [0.717, 1.165) is 0 Å². The molecule has 0 aliphatic carbocycles. The lowest BCUT2D eigenvalue weighted by Gasteiger charge is -2.49. The number of rotatable bonds is 7. The SMILES string of the molecule is CC[C@H]1OC(=O)[C@H](C)[C@H](O[C@@H]2C[C@](C)(OC)[C@H](O)[C@@H](C)O2)[C@@H](C)[C@H](O[C@@H]2O[C@H](C)C[C@H](N(C)C)[C@H]2O)[C@](C)(O)C[C@H](C)C(N)=C(C)[C@@H](O)[C@@]1(C)O. The Labute approximate surface area is 304 Å². The molecule has 17 atom stereocenters. The van der Waals surface area contributed by atoms with E-state index in [0.29, 0.717) is 6.42 Å². The summed E-state index contributed by atoms with van der Waals surface area (Å²) in [6, 6.07) is -0.297. The zero-order valence-electron chi connectivity index (χ0n) is 33.0. The van der Waals surface area contributed by atoms with E-state index in [-0.39, 0.29) is 42.7 Å². The first-order chi connectivity index (χ1) is 23.4. The van der Waals surface area contributed by atoms with Gasteiger partial charge in [0.1, 0.15) is 30.0 Å². The Bertz CT molecular complexity index is 1200. The summed E-state index contributed by atoms with van der Waals surface area (Å²) in [6.45, 7) is 16.9. The lowest BCUT2D eigenvalue weighted by atomic mass is 9.76. The molecular formula is C37H68N2O12. The van der Waals surface area contributed by atoms with E-state index in [1.807, 2.05) is 25.9 Å². The van der Waals surface area contributed by atoms with Gasteiger partial charge < -0.3 is 64.6 Å². The molecule has 0 bridgehead atoms. The largest absolute Gasteiger partial charge is 0.459 e. The number of methoxy groups -OCH3 is 1. The fourth-order valence-corrected chi connectivity index (χ4v) is 8.28. The smallest absolute Gasteiger partial charge is 0.311 e. The molecule has 298 valence electrons. The van der Waals surface area contributed by atoms with Crippen molar-refractivity contribution in [2.45, 2.75) is 179 Å². The van der Waals surface area contributed by atoms with Gasteiger partial charge in [-0.2, -0.15) is 0 Å². The summed E-state index contributed by atoms with van der Waals surface area (Å²) in [6.07, 6.45) is -9.00. The van der Waals surface area contributed by atoms with Crippen LogP contribution in [0.4, 0.5) is 0 Å². The molecule has 14 nitrogen and oxygen atoms in total. The molecular weight excluding hydrogens is 664 g/mol. The second kappa shape index (κ2) is 16.9. The molecule has 0 aromatic carbocycles. The number of carbonyl (C=O) groups excluding carboxylic acids is 1. The minimum Gasteiger partial charge on any atom is -0.459 e. The molecule has 0 aromatic heterocycles. The number of likely N-dealkylation sites (N-methyl/N-ethyl adjacent to an activating group) is 1. The Morgan fingerprint density at radius 1 is 0.980 bits per heavy atom. The van der Waals surface area contributed by atoms with Gasteiger partial charge in [-0.05, 0) is 93.3 Å². The summed E-state index contributed by atoms with van der Waals surface area (Å²) in [5, 5.41) is 57.9. The predicted octanol–water partition coefficient (Wildman–Crippen LogP) is 1.81. The number of allylic oxidation sites excluding steroid dienone is 1. The van der Waals surface area contributed by atoms with Crippen LogP contribution in [0.15, 0.2) is 11.3 Å². The second-order valence-electron chi connectivity index (χ2n) is 16.4. The van der Waals surface area contributed by atoms with E-state index in [1.54, 1.807) is 55.4 Å². The number of nitrogens with zero attached hydrogens (tertiary/aromatic N) is 1. The molecule has 51 heavy (non-hydrogen) atoms. The van der Waals surface area contributed by atoms with Crippen molar-refractivity contribution in [2.24, 2.45) is 23.5 Å². The van der Waals surface area contributed by atoms with E-state index in [1.165, 1.54) is 14.0 Å². The molecule has 2 fully saturated rings. The van der Waals surface area contributed by atoms with Gasteiger partial charge >= 0.3 is 5.97 Å². The topological polar surface area (TPSA) is 203 Å². The molecule has 3 aliphatic rings. The third-order valence-electron chi connectivity index (χ3n) is 11.8. The minimum atomic E-state index is -1.91. The number of nitrogens with two attached hydrogens (primary N) is 1. The Morgan fingerprint density at radius 2 is 1.59 bits per heavy atom. The van der Waals surface area contributed by atoms with E-state index < -0.39 is 95.8 Å².